The van der Waals surface area contributed by atoms with E-state index in [2.05, 4.69) is 50.5 Å². The summed E-state index contributed by atoms with van der Waals surface area (Å²) in [5, 5.41) is 0. The minimum Gasteiger partial charge on any atom is -0.462 e. The third-order valence-corrected chi connectivity index (χ3v) is 5.13. The van der Waals surface area contributed by atoms with Gasteiger partial charge in [-0.1, -0.05) is 58.4 Å². The molecule has 0 saturated carbocycles. The monoisotopic (exact) mass is 385 g/mol. The number of carbonyl (C=O) groups is 1. The zero-order chi connectivity index (χ0) is 20.9. The number of hydrogen-bond acceptors (Lipinski definition) is 3. The summed E-state index contributed by atoms with van der Waals surface area (Å²) < 4.78 is 5.39. The summed E-state index contributed by atoms with van der Waals surface area (Å²) in [4.78, 5) is 15.1. The molecular weight excluding hydrogens is 346 g/mol. The molecule has 0 radical (unpaired) electrons. The number of ether oxygens (including phenoxy) is 1. The maximum Gasteiger partial charge on any atom is 0.338 e. The predicted molar refractivity (Wildman–Crippen MR) is 119 cm³/mol. The zero-order valence-electron chi connectivity index (χ0n) is 18.9. The number of nitrogens with zero attached hydrogens (tertiary/aromatic N) is 1. The lowest BCUT2D eigenvalue weighted by Gasteiger charge is -2.23. The van der Waals surface area contributed by atoms with Crippen LogP contribution in [0.4, 0.5) is 0 Å². The molecule has 156 valence electrons. The zero-order valence-corrected chi connectivity index (χ0v) is 18.9. The van der Waals surface area contributed by atoms with Crippen LogP contribution in [0.3, 0.4) is 0 Å². The number of benzene rings is 1. The Balaban J connectivity index is 3.57. The van der Waals surface area contributed by atoms with Gasteiger partial charge in [-0.05, 0) is 62.9 Å². The van der Waals surface area contributed by atoms with E-state index in [1.54, 1.807) is 0 Å². The van der Waals surface area contributed by atoms with Gasteiger partial charge in [0.2, 0.25) is 0 Å². The van der Waals surface area contributed by atoms with Gasteiger partial charge in [0.05, 0.1) is 12.2 Å². The minimum atomic E-state index is -0.211. The molecule has 3 nitrogen and oxygen atoms in total. The Hall–Kier alpha value is -1.79. The summed E-state index contributed by atoms with van der Waals surface area (Å²) in [5.74, 6) is 6.61. The summed E-state index contributed by atoms with van der Waals surface area (Å²) >= 11 is 0. The lowest BCUT2D eigenvalue weighted by molar-refractivity contribution is 0.0524. The van der Waals surface area contributed by atoms with Gasteiger partial charge in [0.1, 0.15) is 0 Å². The number of hydrogen-bond donors (Lipinski definition) is 0. The third kappa shape index (κ3) is 6.99. The van der Waals surface area contributed by atoms with E-state index in [0.717, 1.165) is 80.4 Å². The molecule has 0 aliphatic carbocycles. The van der Waals surface area contributed by atoms with Crippen LogP contribution >= 0.6 is 0 Å². The van der Waals surface area contributed by atoms with E-state index >= 15 is 0 Å². The second-order valence-electron chi connectivity index (χ2n) is 7.27. The summed E-state index contributed by atoms with van der Waals surface area (Å²) in [6, 6.07) is 2.16. The van der Waals surface area contributed by atoms with Crippen molar-refractivity contribution in [2.45, 2.75) is 86.6 Å². The van der Waals surface area contributed by atoms with Crippen molar-refractivity contribution in [1.29, 1.82) is 0 Å². The number of aryl methyl sites for hydroxylation is 1. The van der Waals surface area contributed by atoms with Gasteiger partial charge < -0.3 is 4.74 Å². The van der Waals surface area contributed by atoms with Crippen LogP contribution in [0.25, 0.3) is 0 Å². The average molecular weight is 386 g/mol. The van der Waals surface area contributed by atoms with Gasteiger partial charge in [0.25, 0.3) is 0 Å². The fourth-order valence-corrected chi connectivity index (χ4v) is 3.44. The SMILES string of the molecule is CCCCC#Cc1c(CN(CC)CC)cc(C)c(C(=O)OCC)c1CCCC. The molecule has 0 aromatic heterocycles. The largest absolute Gasteiger partial charge is 0.462 e. The lowest BCUT2D eigenvalue weighted by atomic mass is 9.88. The van der Waals surface area contributed by atoms with Gasteiger partial charge in [0, 0.05) is 18.5 Å². The summed E-state index contributed by atoms with van der Waals surface area (Å²) in [7, 11) is 0. The van der Waals surface area contributed by atoms with E-state index in [0.29, 0.717) is 6.61 Å². The highest BCUT2D eigenvalue weighted by molar-refractivity contribution is 5.94. The molecule has 0 unspecified atom stereocenters. The first-order chi connectivity index (χ1) is 13.5. The first kappa shape index (κ1) is 24.2. The quantitative estimate of drug-likeness (QED) is 0.270. The van der Waals surface area contributed by atoms with Crippen molar-refractivity contribution in [1.82, 2.24) is 4.90 Å². The molecule has 1 aromatic rings. The highest BCUT2D eigenvalue weighted by Crippen LogP contribution is 2.27. The van der Waals surface area contributed by atoms with Crippen LogP contribution in [0.2, 0.25) is 0 Å². The number of esters is 1. The molecular formula is C25H39NO2. The van der Waals surface area contributed by atoms with E-state index in [4.69, 9.17) is 4.74 Å². The van der Waals surface area contributed by atoms with E-state index in [9.17, 15) is 4.79 Å². The predicted octanol–water partition coefficient (Wildman–Crippen LogP) is 5.90. The molecule has 0 aliphatic rings. The number of rotatable bonds is 11. The van der Waals surface area contributed by atoms with Gasteiger partial charge in [-0.25, -0.2) is 4.79 Å². The van der Waals surface area contributed by atoms with E-state index in [1.165, 1.54) is 5.56 Å². The lowest BCUT2D eigenvalue weighted by Crippen LogP contribution is -2.24. The number of carbonyl (C=O) groups excluding carboxylic acids is 1. The molecule has 1 rings (SSSR count). The molecule has 28 heavy (non-hydrogen) atoms. The van der Waals surface area contributed by atoms with E-state index in [-0.39, 0.29) is 5.97 Å². The Kier molecular flexibility index (Phi) is 11.6. The molecule has 0 atom stereocenters. The van der Waals surface area contributed by atoms with Crippen LogP contribution in [0.5, 0.6) is 0 Å². The van der Waals surface area contributed by atoms with Crippen LogP contribution in [-0.4, -0.2) is 30.6 Å². The second kappa shape index (κ2) is 13.4. The van der Waals surface area contributed by atoms with Crippen LogP contribution in [0.15, 0.2) is 6.07 Å². The Labute approximate surface area is 172 Å². The molecule has 1 aromatic carbocycles. The first-order valence-electron chi connectivity index (χ1n) is 11.1. The minimum absolute atomic E-state index is 0.211. The van der Waals surface area contributed by atoms with Gasteiger partial charge in [-0.15, -0.1) is 0 Å². The molecule has 3 heteroatoms. The van der Waals surface area contributed by atoms with Gasteiger partial charge in [-0.2, -0.15) is 0 Å². The van der Waals surface area contributed by atoms with Crippen molar-refractivity contribution in [3.05, 3.63) is 33.9 Å². The van der Waals surface area contributed by atoms with Crippen molar-refractivity contribution < 1.29 is 9.53 Å². The van der Waals surface area contributed by atoms with Gasteiger partial charge >= 0.3 is 5.97 Å². The Morgan fingerprint density at radius 1 is 1.07 bits per heavy atom. The van der Waals surface area contributed by atoms with Crippen molar-refractivity contribution in [2.75, 3.05) is 19.7 Å². The van der Waals surface area contributed by atoms with Crippen molar-refractivity contribution in [3.8, 4) is 11.8 Å². The van der Waals surface area contributed by atoms with Crippen LogP contribution < -0.4 is 0 Å². The molecule has 0 bridgehead atoms. The molecule has 0 fully saturated rings. The van der Waals surface area contributed by atoms with Crippen molar-refractivity contribution in [3.63, 3.8) is 0 Å². The molecule has 0 amide bonds. The molecule has 0 spiro atoms. The van der Waals surface area contributed by atoms with E-state index in [1.807, 2.05) is 13.8 Å². The fraction of sp³-hybridized carbons (Fsp3) is 0.640. The highest BCUT2D eigenvalue weighted by atomic mass is 16.5. The Morgan fingerprint density at radius 2 is 1.75 bits per heavy atom. The molecule has 0 saturated heterocycles. The molecule has 0 N–H and O–H groups in total. The first-order valence-corrected chi connectivity index (χ1v) is 11.1. The Morgan fingerprint density at radius 3 is 2.32 bits per heavy atom. The fourth-order valence-electron chi connectivity index (χ4n) is 3.44. The maximum absolute atomic E-state index is 12.7. The third-order valence-electron chi connectivity index (χ3n) is 5.13. The second-order valence-corrected chi connectivity index (χ2v) is 7.27. The van der Waals surface area contributed by atoms with Gasteiger partial charge in [0.15, 0.2) is 0 Å². The van der Waals surface area contributed by atoms with Crippen LogP contribution in [0.1, 0.15) is 99.3 Å². The molecule has 0 heterocycles. The van der Waals surface area contributed by atoms with Crippen molar-refractivity contribution >= 4 is 5.97 Å². The normalized spacial score (nSPS) is 10.7. The smallest absolute Gasteiger partial charge is 0.338 e. The topological polar surface area (TPSA) is 29.5 Å². The van der Waals surface area contributed by atoms with Gasteiger partial charge in [-0.3, -0.25) is 4.90 Å². The summed E-state index contributed by atoms with van der Waals surface area (Å²) in [6.45, 7) is 15.9. The maximum atomic E-state index is 12.7. The van der Waals surface area contributed by atoms with Crippen LogP contribution in [-0.2, 0) is 17.7 Å². The molecule has 0 aliphatic heterocycles. The number of unbranched alkanes of at least 4 members (excludes halogenated alkanes) is 3. The standard InChI is InChI=1S/C25H39NO2/c1-7-12-14-15-17-22-21(19-26(9-3)10-4)18-20(6)24(25(27)28-11-5)23(22)16-13-8-2/h18H,7-14,16,19H2,1-6H3. The Bertz CT molecular complexity index is 678. The average Bonchev–Trinajstić information content (AvgIpc) is 2.68. The van der Waals surface area contributed by atoms with Crippen molar-refractivity contribution in [2.24, 2.45) is 0 Å². The summed E-state index contributed by atoms with van der Waals surface area (Å²) in [6.07, 6.45) is 6.16. The van der Waals surface area contributed by atoms with Crippen LogP contribution in [0, 0.1) is 18.8 Å². The van der Waals surface area contributed by atoms with E-state index < -0.39 is 0 Å². The highest BCUT2D eigenvalue weighted by Gasteiger charge is 2.21. The summed E-state index contributed by atoms with van der Waals surface area (Å²) in [5.41, 5.74) is 5.13.